The molecule has 5 nitrogen and oxygen atoms in total. The summed E-state index contributed by atoms with van der Waals surface area (Å²) in [4.78, 5) is 4.51. The highest BCUT2D eigenvalue weighted by Crippen LogP contribution is 2.38. The van der Waals surface area contributed by atoms with E-state index in [1.54, 1.807) is 0 Å². The molecule has 116 valence electrons. The Labute approximate surface area is 134 Å². The minimum absolute atomic E-state index is 0.136. The third kappa shape index (κ3) is 3.16. The molecular formula is C15H23BrN4O. The van der Waals surface area contributed by atoms with Crippen LogP contribution in [0.2, 0.25) is 0 Å². The van der Waals surface area contributed by atoms with E-state index in [9.17, 15) is 0 Å². The summed E-state index contributed by atoms with van der Waals surface area (Å²) in [6, 6.07) is 5.78. The summed E-state index contributed by atoms with van der Waals surface area (Å²) in [6.45, 7) is 0.919. The van der Waals surface area contributed by atoms with Gasteiger partial charge < -0.3 is 20.7 Å². The molecule has 1 aliphatic rings. The standard InChI is InChI=1S/C15H23BrN4O/c1-19(2)15(7-4-8-15)10-20(3)13-9-11(16)5-6-12(13)14(17)18-21/h5-6,9,21H,4,7-8,10H2,1-3H3,(H2,17,18). The van der Waals surface area contributed by atoms with E-state index in [0.29, 0.717) is 0 Å². The molecule has 1 saturated carbocycles. The zero-order chi connectivity index (χ0) is 15.6. The summed E-state index contributed by atoms with van der Waals surface area (Å²) in [7, 11) is 6.33. The fourth-order valence-corrected chi connectivity index (χ4v) is 3.30. The highest BCUT2D eigenvalue weighted by Gasteiger charge is 2.40. The highest BCUT2D eigenvalue weighted by molar-refractivity contribution is 9.10. The summed E-state index contributed by atoms with van der Waals surface area (Å²) in [5, 5.41) is 12.1. The van der Waals surface area contributed by atoms with E-state index < -0.39 is 0 Å². The van der Waals surface area contributed by atoms with Crippen molar-refractivity contribution in [1.82, 2.24) is 4.90 Å². The van der Waals surface area contributed by atoms with Gasteiger partial charge in [-0.15, -0.1) is 0 Å². The van der Waals surface area contributed by atoms with Gasteiger partial charge in [-0.25, -0.2) is 0 Å². The molecule has 0 amide bonds. The molecule has 0 atom stereocenters. The number of hydrogen-bond acceptors (Lipinski definition) is 4. The third-order valence-electron chi connectivity index (χ3n) is 4.52. The summed E-state index contributed by atoms with van der Waals surface area (Å²) in [5.74, 6) is 0.136. The predicted octanol–water partition coefficient (Wildman–Crippen LogP) is 2.46. The summed E-state index contributed by atoms with van der Waals surface area (Å²) in [5.41, 5.74) is 7.73. The summed E-state index contributed by atoms with van der Waals surface area (Å²) < 4.78 is 0.978. The zero-order valence-electron chi connectivity index (χ0n) is 12.8. The van der Waals surface area contributed by atoms with Gasteiger partial charge in [0.05, 0.1) is 0 Å². The molecule has 0 radical (unpaired) electrons. The van der Waals surface area contributed by atoms with Crippen molar-refractivity contribution in [2.24, 2.45) is 10.9 Å². The molecule has 6 heteroatoms. The molecule has 0 saturated heterocycles. The van der Waals surface area contributed by atoms with E-state index in [4.69, 9.17) is 10.9 Å². The first-order valence-electron chi connectivity index (χ1n) is 7.06. The molecule has 3 N–H and O–H groups in total. The first-order chi connectivity index (χ1) is 9.89. The average Bonchev–Trinajstić information content (AvgIpc) is 2.41. The van der Waals surface area contributed by atoms with Gasteiger partial charge in [-0.05, 0) is 51.6 Å². The van der Waals surface area contributed by atoms with Crippen molar-refractivity contribution in [2.45, 2.75) is 24.8 Å². The lowest BCUT2D eigenvalue weighted by molar-refractivity contribution is 0.0683. The lowest BCUT2D eigenvalue weighted by Crippen LogP contribution is -2.57. The Morgan fingerprint density at radius 2 is 2.05 bits per heavy atom. The van der Waals surface area contributed by atoms with Crippen LogP contribution in [0.4, 0.5) is 5.69 Å². The van der Waals surface area contributed by atoms with E-state index in [0.717, 1.165) is 22.3 Å². The number of nitrogens with two attached hydrogens (primary N) is 1. The molecule has 0 aliphatic heterocycles. The number of nitrogens with zero attached hydrogens (tertiary/aromatic N) is 3. The Kier molecular flexibility index (Phi) is 4.78. The maximum Gasteiger partial charge on any atom is 0.172 e. The molecule has 0 unspecified atom stereocenters. The number of rotatable bonds is 5. The summed E-state index contributed by atoms with van der Waals surface area (Å²) >= 11 is 3.50. The molecule has 2 rings (SSSR count). The van der Waals surface area contributed by atoms with Crippen molar-refractivity contribution in [3.8, 4) is 0 Å². The Hall–Kier alpha value is -1.27. The molecule has 1 aromatic rings. The van der Waals surface area contributed by atoms with Gasteiger partial charge in [0.25, 0.3) is 0 Å². The Morgan fingerprint density at radius 1 is 1.38 bits per heavy atom. The predicted molar refractivity (Wildman–Crippen MR) is 90.2 cm³/mol. The van der Waals surface area contributed by atoms with Crippen LogP contribution in [0, 0.1) is 0 Å². The Morgan fingerprint density at radius 3 is 2.52 bits per heavy atom. The topological polar surface area (TPSA) is 65.1 Å². The van der Waals surface area contributed by atoms with E-state index in [1.165, 1.54) is 19.3 Å². The fraction of sp³-hybridized carbons (Fsp3) is 0.533. The van der Waals surface area contributed by atoms with Crippen LogP contribution in [0.5, 0.6) is 0 Å². The molecule has 0 spiro atoms. The van der Waals surface area contributed by atoms with E-state index in [2.05, 4.69) is 52.0 Å². The molecule has 21 heavy (non-hydrogen) atoms. The maximum atomic E-state index is 8.97. The maximum absolute atomic E-state index is 8.97. The van der Waals surface area contributed by atoms with Gasteiger partial charge in [-0.1, -0.05) is 21.1 Å². The Balaban J connectivity index is 2.30. The van der Waals surface area contributed by atoms with Crippen molar-refractivity contribution in [2.75, 3.05) is 32.6 Å². The van der Waals surface area contributed by atoms with Crippen LogP contribution >= 0.6 is 15.9 Å². The van der Waals surface area contributed by atoms with Crippen LogP contribution in [0.15, 0.2) is 27.8 Å². The monoisotopic (exact) mass is 354 g/mol. The number of hydrogen-bond donors (Lipinski definition) is 2. The van der Waals surface area contributed by atoms with Gasteiger partial charge in [0, 0.05) is 34.9 Å². The van der Waals surface area contributed by atoms with Gasteiger partial charge >= 0.3 is 0 Å². The van der Waals surface area contributed by atoms with Crippen molar-refractivity contribution < 1.29 is 5.21 Å². The van der Waals surface area contributed by atoms with Crippen LogP contribution in [0.1, 0.15) is 24.8 Å². The van der Waals surface area contributed by atoms with Crippen LogP contribution in [0.3, 0.4) is 0 Å². The SMILES string of the molecule is CN(CC1(N(C)C)CCC1)c1cc(Br)ccc1/C(N)=N/O. The zero-order valence-corrected chi connectivity index (χ0v) is 14.4. The molecule has 1 aromatic carbocycles. The number of amidine groups is 1. The second-order valence-corrected chi connectivity index (χ2v) is 6.89. The van der Waals surface area contributed by atoms with Crippen molar-refractivity contribution in [3.05, 3.63) is 28.2 Å². The lowest BCUT2D eigenvalue weighted by atomic mass is 9.75. The molecule has 1 fully saturated rings. The molecule has 0 aromatic heterocycles. The van der Waals surface area contributed by atoms with Crippen molar-refractivity contribution in [3.63, 3.8) is 0 Å². The molecule has 1 aliphatic carbocycles. The normalized spacial score (nSPS) is 17.7. The second kappa shape index (κ2) is 6.23. The van der Waals surface area contributed by atoms with E-state index in [1.807, 2.05) is 18.2 Å². The average molecular weight is 355 g/mol. The third-order valence-corrected chi connectivity index (χ3v) is 5.01. The van der Waals surface area contributed by atoms with Crippen LogP contribution in [-0.4, -0.2) is 49.2 Å². The van der Waals surface area contributed by atoms with Gasteiger partial charge in [0.2, 0.25) is 0 Å². The minimum atomic E-state index is 0.136. The van der Waals surface area contributed by atoms with E-state index >= 15 is 0 Å². The number of anilines is 1. The van der Waals surface area contributed by atoms with Crippen LogP contribution in [0.25, 0.3) is 0 Å². The smallest absolute Gasteiger partial charge is 0.172 e. The van der Waals surface area contributed by atoms with E-state index in [-0.39, 0.29) is 11.4 Å². The second-order valence-electron chi connectivity index (χ2n) is 5.98. The molecular weight excluding hydrogens is 332 g/mol. The van der Waals surface area contributed by atoms with Gasteiger partial charge in [-0.2, -0.15) is 0 Å². The lowest BCUT2D eigenvalue weighted by Gasteiger charge is -2.49. The van der Waals surface area contributed by atoms with Gasteiger partial charge in [-0.3, -0.25) is 0 Å². The van der Waals surface area contributed by atoms with Crippen LogP contribution < -0.4 is 10.6 Å². The number of likely N-dealkylation sites (N-methyl/N-ethyl adjacent to an activating group) is 2. The first kappa shape index (κ1) is 16.1. The molecule has 0 heterocycles. The summed E-state index contributed by atoms with van der Waals surface area (Å²) in [6.07, 6.45) is 3.69. The minimum Gasteiger partial charge on any atom is -0.409 e. The highest BCUT2D eigenvalue weighted by atomic mass is 79.9. The van der Waals surface area contributed by atoms with Gasteiger partial charge in [0.15, 0.2) is 5.84 Å². The van der Waals surface area contributed by atoms with Gasteiger partial charge in [0.1, 0.15) is 0 Å². The molecule has 0 bridgehead atoms. The van der Waals surface area contributed by atoms with Crippen LogP contribution in [-0.2, 0) is 0 Å². The quantitative estimate of drug-likeness (QED) is 0.369. The number of halogens is 1. The Bertz CT molecular complexity index is 540. The fourth-order valence-electron chi connectivity index (χ4n) is 2.95. The first-order valence-corrected chi connectivity index (χ1v) is 7.85. The number of benzene rings is 1. The van der Waals surface area contributed by atoms with Crippen molar-refractivity contribution in [1.29, 1.82) is 0 Å². The van der Waals surface area contributed by atoms with Crippen molar-refractivity contribution >= 4 is 27.5 Å². The largest absolute Gasteiger partial charge is 0.409 e. The number of oxime groups is 1.